The van der Waals surface area contributed by atoms with Gasteiger partial charge in [0.1, 0.15) is 6.42 Å². The van der Waals surface area contributed by atoms with Gasteiger partial charge in [0, 0.05) is 47.0 Å². The zero-order valence-corrected chi connectivity index (χ0v) is 19.8. The molecule has 2 aromatic carbocycles. The molecule has 6 nitrogen and oxygen atoms in total. The minimum absolute atomic E-state index is 0.0564. The Balaban J connectivity index is 1.73. The van der Waals surface area contributed by atoms with Crippen molar-refractivity contribution in [1.82, 2.24) is 4.90 Å². The number of ether oxygens (including phenoxy) is 1. The molecule has 1 aliphatic rings. The van der Waals surface area contributed by atoms with Crippen LogP contribution in [0.3, 0.4) is 0 Å². The third kappa shape index (κ3) is 5.25. The maximum Gasteiger partial charge on any atom is 0.313 e. The van der Waals surface area contributed by atoms with Crippen molar-refractivity contribution in [3.63, 3.8) is 0 Å². The number of halogens is 2. The van der Waals surface area contributed by atoms with Crippen LogP contribution in [0, 0.1) is 0 Å². The van der Waals surface area contributed by atoms with E-state index in [2.05, 4.69) is 11.8 Å². The first-order valence-electron chi connectivity index (χ1n) is 10.5. The highest BCUT2D eigenvalue weighted by Gasteiger charge is 2.34. The van der Waals surface area contributed by atoms with Gasteiger partial charge < -0.3 is 14.5 Å². The smallest absolute Gasteiger partial charge is 0.313 e. The molecule has 0 N–H and O–H groups in total. The number of carbonyl (C=O) groups excluding carboxylic acids is 3. The maximum absolute atomic E-state index is 13.2. The van der Waals surface area contributed by atoms with Gasteiger partial charge in [0.15, 0.2) is 5.78 Å². The van der Waals surface area contributed by atoms with Crippen LogP contribution < -0.4 is 4.90 Å². The lowest BCUT2D eigenvalue weighted by atomic mass is 10.0. The summed E-state index contributed by atoms with van der Waals surface area (Å²) in [5.74, 6) is -1.19. The van der Waals surface area contributed by atoms with E-state index in [0.29, 0.717) is 23.7 Å². The van der Waals surface area contributed by atoms with Gasteiger partial charge in [0.25, 0.3) is 5.91 Å². The molecule has 2 atom stereocenters. The SMILES string of the molecule is CCOC(=O)CC(=O)c1ccc(C(=O)N2CCN(c3cccc(Cl)c3)[C@H](C)[C@H]2C)cc1Cl. The normalized spacial score (nSPS) is 18.4. The fourth-order valence-corrected chi connectivity index (χ4v) is 4.40. The molecule has 1 aliphatic heterocycles. The minimum atomic E-state index is -0.603. The number of esters is 1. The summed E-state index contributed by atoms with van der Waals surface area (Å²) in [5.41, 5.74) is 1.62. The lowest BCUT2D eigenvalue weighted by molar-refractivity contribution is -0.141. The first-order chi connectivity index (χ1) is 15.2. The fourth-order valence-electron chi connectivity index (χ4n) is 3.93. The average molecular weight is 477 g/mol. The highest BCUT2D eigenvalue weighted by molar-refractivity contribution is 6.34. The van der Waals surface area contributed by atoms with Crippen molar-refractivity contribution >= 4 is 46.5 Å². The van der Waals surface area contributed by atoms with E-state index in [9.17, 15) is 14.4 Å². The van der Waals surface area contributed by atoms with E-state index in [1.165, 1.54) is 12.1 Å². The lowest BCUT2D eigenvalue weighted by Crippen LogP contribution is -2.59. The van der Waals surface area contributed by atoms with Crippen molar-refractivity contribution in [2.24, 2.45) is 0 Å². The number of hydrogen-bond acceptors (Lipinski definition) is 5. The Morgan fingerprint density at radius 2 is 1.78 bits per heavy atom. The van der Waals surface area contributed by atoms with Crippen LogP contribution in [0.25, 0.3) is 0 Å². The number of anilines is 1. The predicted octanol–water partition coefficient (Wildman–Crippen LogP) is 4.87. The van der Waals surface area contributed by atoms with Crippen LogP contribution in [0.15, 0.2) is 42.5 Å². The summed E-state index contributed by atoms with van der Waals surface area (Å²) in [5, 5.41) is 0.816. The van der Waals surface area contributed by atoms with Gasteiger partial charge in [0.05, 0.1) is 11.6 Å². The summed E-state index contributed by atoms with van der Waals surface area (Å²) in [6.45, 7) is 7.17. The van der Waals surface area contributed by atoms with Gasteiger partial charge in [0.2, 0.25) is 0 Å². The number of amides is 1. The Bertz CT molecular complexity index is 1030. The Kier molecular flexibility index (Phi) is 7.80. The van der Waals surface area contributed by atoms with Gasteiger partial charge in [-0.1, -0.05) is 29.3 Å². The van der Waals surface area contributed by atoms with Gasteiger partial charge >= 0.3 is 5.97 Å². The second-order valence-corrected chi connectivity index (χ2v) is 8.60. The minimum Gasteiger partial charge on any atom is -0.466 e. The molecule has 0 aromatic heterocycles. The second-order valence-electron chi connectivity index (χ2n) is 7.75. The molecule has 1 saturated heterocycles. The number of piperazine rings is 1. The van der Waals surface area contributed by atoms with Gasteiger partial charge in [-0.2, -0.15) is 0 Å². The highest BCUT2D eigenvalue weighted by atomic mass is 35.5. The summed E-state index contributed by atoms with van der Waals surface area (Å²) in [6, 6.07) is 12.3. The third-order valence-corrected chi connectivity index (χ3v) is 6.34. The van der Waals surface area contributed by atoms with Gasteiger partial charge in [-0.15, -0.1) is 0 Å². The fraction of sp³-hybridized carbons (Fsp3) is 0.375. The molecule has 3 rings (SSSR count). The van der Waals surface area contributed by atoms with Crippen molar-refractivity contribution in [2.45, 2.75) is 39.3 Å². The summed E-state index contributed by atoms with van der Waals surface area (Å²) < 4.78 is 4.81. The van der Waals surface area contributed by atoms with E-state index in [4.69, 9.17) is 27.9 Å². The Labute approximate surface area is 198 Å². The van der Waals surface area contributed by atoms with Crippen LogP contribution in [-0.4, -0.2) is 54.3 Å². The van der Waals surface area contributed by atoms with E-state index in [1.807, 2.05) is 36.1 Å². The summed E-state index contributed by atoms with van der Waals surface area (Å²) in [7, 11) is 0. The first kappa shape index (κ1) is 24.1. The number of benzene rings is 2. The maximum atomic E-state index is 13.2. The predicted molar refractivity (Wildman–Crippen MR) is 126 cm³/mol. The molecule has 32 heavy (non-hydrogen) atoms. The highest BCUT2D eigenvalue weighted by Crippen LogP contribution is 2.28. The number of nitrogens with zero attached hydrogens (tertiary/aromatic N) is 2. The zero-order chi connectivity index (χ0) is 23.4. The summed E-state index contributed by atoms with van der Waals surface area (Å²) in [4.78, 5) is 41.2. The topological polar surface area (TPSA) is 66.9 Å². The Morgan fingerprint density at radius 3 is 2.44 bits per heavy atom. The van der Waals surface area contributed by atoms with Crippen LogP contribution in [0.1, 0.15) is 47.9 Å². The van der Waals surface area contributed by atoms with Crippen molar-refractivity contribution in [2.75, 3.05) is 24.6 Å². The quantitative estimate of drug-likeness (QED) is 0.338. The van der Waals surface area contributed by atoms with Crippen LogP contribution in [0.5, 0.6) is 0 Å². The average Bonchev–Trinajstić information content (AvgIpc) is 2.75. The largest absolute Gasteiger partial charge is 0.466 e. The third-order valence-electron chi connectivity index (χ3n) is 5.79. The molecule has 170 valence electrons. The first-order valence-corrected chi connectivity index (χ1v) is 11.3. The molecule has 8 heteroatoms. The molecule has 1 fully saturated rings. The molecule has 0 spiro atoms. The number of rotatable bonds is 6. The molecular weight excluding hydrogens is 451 g/mol. The second kappa shape index (κ2) is 10.4. The van der Waals surface area contributed by atoms with Crippen molar-refractivity contribution < 1.29 is 19.1 Å². The van der Waals surface area contributed by atoms with Crippen LogP contribution in [0.2, 0.25) is 10.0 Å². The molecular formula is C24H26Cl2N2O4. The van der Waals surface area contributed by atoms with Crippen molar-refractivity contribution in [3.8, 4) is 0 Å². The molecule has 1 heterocycles. The number of ketones is 1. The van der Waals surface area contributed by atoms with Crippen LogP contribution >= 0.6 is 23.2 Å². The molecule has 1 amide bonds. The summed E-state index contributed by atoms with van der Waals surface area (Å²) >= 11 is 12.4. The Hall–Kier alpha value is -2.57. The standard InChI is InChI=1S/C24H26Cl2N2O4/c1-4-32-23(30)14-22(29)20-9-8-17(12-21(20)26)24(31)28-11-10-27(15(2)16(28)3)19-7-5-6-18(25)13-19/h5-9,12-13,15-16H,4,10-11,14H2,1-3H3/t15-,16-/m1/s1. The van der Waals surface area contributed by atoms with Crippen molar-refractivity contribution in [3.05, 3.63) is 63.6 Å². The van der Waals surface area contributed by atoms with E-state index < -0.39 is 11.8 Å². The summed E-state index contributed by atoms with van der Waals surface area (Å²) in [6.07, 6.45) is -0.388. The molecule has 0 radical (unpaired) electrons. The van der Waals surface area contributed by atoms with E-state index in [0.717, 1.165) is 5.69 Å². The van der Waals surface area contributed by atoms with Crippen LogP contribution in [-0.2, 0) is 9.53 Å². The Morgan fingerprint density at radius 1 is 1.03 bits per heavy atom. The molecule has 2 aromatic rings. The van der Waals surface area contributed by atoms with Crippen molar-refractivity contribution in [1.29, 1.82) is 0 Å². The molecule has 0 unspecified atom stereocenters. The molecule has 0 bridgehead atoms. The van der Waals surface area contributed by atoms with Gasteiger partial charge in [-0.25, -0.2) is 0 Å². The lowest BCUT2D eigenvalue weighted by Gasteiger charge is -2.46. The van der Waals surface area contributed by atoms with E-state index in [-0.39, 0.29) is 41.6 Å². The monoisotopic (exact) mass is 476 g/mol. The molecule has 0 aliphatic carbocycles. The van der Waals surface area contributed by atoms with E-state index in [1.54, 1.807) is 13.0 Å². The van der Waals surface area contributed by atoms with E-state index >= 15 is 0 Å². The van der Waals surface area contributed by atoms with Gasteiger partial charge in [-0.05, 0) is 57.2 Å². The number of hydrogen-bond donors (Lipinski definition) is 0. The molecule has 0 saturated carbocycles. The number of Topliss-reactive ketones (excluding diaryl/α,β-unsaturated/α-hetero) is 1. The number of carbonyl (C=O) groups is 3. The zero-order valence-electron chi connectivity index (χ0n) is 18.3. The van der Waals surface area contributed by atoms with Crippen LogP contribution in [0.4, 0.5) is 5.69 Å². The van der Waals surface area contributed by atoms with Gasteiger partial charge in [-0.3, -0.25) is 14.4 Å².